The minimum Gasteiger partial charge on any atom is -0.356 e. The van der Waals surface area contributed by atoms with Crippen molar-refractivity contribution in [2.45, 2.75) is 32.4 Å². The Morgan fingerprint density at radius 2 is 1.91 bits per heavy atom. The summed E-state index contributed by atoms with van der Waals surface area (Å²) in [6, 6.07) is 17.3. The molecule has 0 saturated carbocycles. The second-order valence-corrected chi connectivity index (χ2v) is 8.92. The molecule has 2 atom stereocenters. The Labute approximate surface area is 191 Å². The Morgan fingerprint density at radius 1 is 1.16 bits per heavy atom. The van der Waals surface area contributed by atoms with Crippen LogP contribution in [0.4, 0.5) is 0 Å². The highest BCUT2D eigenvalue weighted by Gasteiger charge is 2.40. The van der Waals surface area contributed by atoms with Crippen molar-refractivity contribution in [2.24, 2.45) is 5.92 Å². The molecule has 6 nitrogen and oxygen atoms in total. The number of fused-ring (bicyclic) bond motifs is 1. The van der Waals surface area contributed by atoms with E-state index >= 15 is 0 Å². The highest BCUT2D eigenvalue weighted by atomic mass is 35.5. The minimum atomic E-state index is -0.325. The van der Waals surface area contributed by atoms with Crippen LogP contribution in [0.15, 0.2) is 59.1 Å². The lowest BCUT2D eigenvalue weighted by Gasteiger charge is -2.29. The fourth-order valence-corrected chi connectivity index (χ4v) is 4.80. The number of hydrogen-bond donors (Lipinski definition) is 0. The third-order valence-corrected chi connectivity index (χ3v) is 6.76. The van der Waals surface area contributed by atoms with Crippen LogP contribution in [0.3, 0.4) is 0 Å². The van der Waals surface area contributed by atoms with Crippen molar-refractivity contribution in [3.63, 3.8) is 0 Å². The molecule has 3 aromatic rings. The normalized spacial score (nSPS) is 19.2. The maximum atomic E-state index is 13.4. The van der Waals surface area contributed by atoms with E-state index in [2.05, 4.69) is 5.16 Å². The number of carbonyl (C=O) groups is 2. The summed E-state index contributed by atoms with van der Waals surface area (Å²) in [5, 5.41) is 4.87. The second kappa shape index (κ2) is 8.43. The first kappa shape index (κ1) is 20.8. The molecule has 1 saturated heterocycles. The summed E-state index contributed by atoms with van der Waals surface area (Å²) < 4.78 is 5.62. The van der Waals surface area contributed by atoms with Gasteiger partial charge < -0.3 is 14.3 Å². The van der Waals surface area contributed by atoms with E-state index in [4.69, 9.17) is 16.1 Å². The molecular weight excluding hydrogens is 426 g/mol. The van der Waals surface area contributed by atoms with E-state index in [0.717, 1.165) is 22.4 Å². The molecular formula is C25H24ClN3O3. The van der Waals surface area contributed by atoms with Gasteiger partial charge in [-0.25, -0.2) is 0 Å². The number of carbonyl (C=O) groups excluding carboxylic acids is 2. The molecule has 164 valence electrons. The first-order chi connectivity index (χ1) is 15.5. The van der Waals surface area contributed by atoms with E-state index in [-0.39, 0.29) is 30.2 Å². The molecule has 0 N–H and O–H groups in total. The van der Waals surface area contributed by atoms with Gasteiger partial charge in [0, 0.05) is 42.1 Å². The molecule has 0 aliphatic carbocycles. The molecule has 2 aliphatic heterocycles. The number of hydrogen-bond acceptors (Lipinski definition) is 4. The van der Waals surface area contributed by atoms with Gasteiger partial charge in [0.25, 0.3) is 0 Å². The van der Waals surface area contributed by atoms with Gasteiger partial charge >= 0.3 is 0 Å². The van der Waals surface area contributed by atoms with Gasteiger partial charge in [-0.2, -0.15) is 0 Å². The number of amides is 2. The van der Waals surface area contributed by atoms with E-state index in [1.807, 2.05) is 71.3 Å². The van der Waals surface area contributed by atoms with Crippen LogP contribution in [0.1, 0.15) is 36.2 Å². The zero-order chi connectivity index (χ0) is 22.2. The van der Waals surface area contributed by atoms with Crippen LogP contribution in [0.2, 0.25) is 5.02 Å². The predicted octanol–water partition coefficient (Wildman–Crippen LogP) is 4.49. The number of likely N-dealkylation sites (tertiary alicyclic amines) is 1. The van der Waals surface area contributed by atoms with Crippen molar-refractivity contribution in [1.82, 2.24) is 15.0 Å². The number of halogens is 1. The summed E-state index contributed by atoms with van der Waals surface area (Å²) in [6.45, 7) is 3.49. The van der Waals surface area contributed by atoms with Crippen LogP contribution in [-0.2, 0) is 22.6 Å². The summed E-state index contributed by atoms with van der Waals surface area (Å²) in [6.07, 6.45) is 0.899. The lowest BCUT2D eigenvalue weighted by molar-refractivity contribution is -0.136. The number of rotatable bonds is 4. The number of aromatic nitrogens is 1. The molecule has 2 aromatic carbocycles. The van der Waals surface area contributed by atoms with E-state index in [0.29, 0.717) is 36.8 Å². The molecule has 3 heterocycles. The smallest absolute Gasteiger partial charge is 0.228 e. The van der Waals surface area contributed by atoms with Gasteiger partial charge in [-0.3, -0.25) is 9.59 Å². The zero-order valence-electron chi connectivity index (χ0n) is 17.8. The Hall–Kier alpha value is -3.12. The standard InChI is InChI=1S/C25H24ClN3O3/c1-16(17-5-3-2-4-6-17)29-14-19(13-23(29)30)25(31)28-12-11-22-21(15-28)24(32-27-22)18-7-9-20(26)10-8-18/h2-10,16,19H,11-15H2,1H3. The summed E-state index contributed by atoms with van der Waals surface area (Å²) in [7, 11) is 0. The van der Waals surface area contributed by atoms with Crippen LogP contribution in [0.25, 0.3) is 11.3 Å². The molecule has 2 aliphatic rings. The molecule has 32 heavy (non-hydrogen) atoms. The third kappa shape index (κ3) is 3.79. The largest absolute Gasteiger partial charge is 0.356 e. The number of benzene rings is 2. The van der Waals surface area contributed by atoms with E-state index in [1.54, 1.807) is 0 Å². The van der Waals surface area contributed by atoms with Gasteiger partial charge in [-0.15, -0.1) is 0 Å². The van der Waals surface area contributed by atoms with Gasteiger partial charge in [-0.1, -0.05) is 47.1 Å². The summed E-state index contributed by atoms with van der Waals surface area (Å²) in [5.74, 6) is 0.407. The molecule has 0 radical (unpaired) electrons. The van der Waals surface area contributed by atoms with Crippen molar-refractivity contribution >= 4 is 23.4 Å². The fourth-order valence-electron chi connectivity index (χ4n) is 4.67. The monoisotopic (exact) mass is 449 g/mol. The van der Waals surface area contributed by atoms with E-state index < -0.39 is 0 Å². The Bertz CT molecular complexity index is 1140. The van der Waals surface area contributed by atoms with Crippen LogP contribution in [-0.4, -0.2) is 39.9 Å². The van der Waals surface area contributed by atoms with Gasteiger partial charge in [-0.05, 0) is 36.8 Å². The van der Waals surface area contributed by atoms with Crippen molar-refractivity contribution in [3.8, 4) is 11.3 Å². The average molecular weight is 450 g/mol. The fraction of sp³-hybridized carbons (Fsp3) is 0.320. The summed E-state index contributed by atoms with van der Waals surface area (Å²) in [5.41, 5.74) is 3.79. The van der Waals surface area contributed by atoms with Gasteiger partial charge in [0.1, 0.15) is 0 Å². The van der Waals surface area contributed by atoms with Crippen molar-refractivity contribution < 1.29 is 14.1 Å². The molecule has 1 fully saturated rings. The summed E-state index contributed by atoms with van der Waals surface area (Å²) >= 11 is 6.01. The third-order valence-electron chi connectivity index (χ3n) is 6.51. The molecule has 2 unspecified atom stereocenters. The van der Waals surface area contributed by atoms with E-state index in [9.17, 15) is 9.59 Å². The van der Waals surface area contributed by atoms with Crippen molar-refractivity contribution in [3.05, 3.63) is 76.4 Å². The Morgan fingerprint density at radius 3 is 2.66 bits per heavy atom. The molecule has 0 spiro atoms. The molecule has 1 aromatic heterocycles. The topological polar surface area (TPSA) is 66.7 Å². The molecule has 5 rings (SSSR count). The highest BCUT2D eigenvalue weighted by molar-refractivity contribution is 6.30. The number of nitrogens with zero attached hydrogens (tertiary/aromatic N) is 3. The van der Waals surface area contributed by atoms with E-state index in [1.165, 1.54) is 0 Å². The van der Waals surface area contributed by atoms with Crippen LogP contribution >= 0.6 is 11.6 Å². The van der Waals surface area contributed by atoms with Crippen LogP contribution in [0.5, 0.6) is 0 Å². The van der Waals surface area contributed by atoms with Crippen molar-refractivity contribution in [2.75, 3.05) is 13.1 Å². The minimum absolute atomic E-state index is 0.0232. The lowest BCUT2D eigenvalue weighted by atomic mass is 9.99. The van der Waals surface area contributed by atoms with Gasteiger partial charge in [0.05, 0.1) is 24.2 Å². The zero-order valence-corrected chi connectivity index (χ0v) is 18.6. The van der Waals surface area contributed by atoms with Gasteiger partial charge in [0.15, 0.2) is 5.76 Å². The Balaban J connectivity index is 1.31. The average Bonchev–Trinajstić information content (AvgIpc) is 3.42. The molecule has 0 bridgehead atoms. The van der Waals surface area contributed by atoms with Gasteiger partial charge in [0.2, 0.25) is 11.8 Å². The second-order valence-electron chi connectivity index (χ2n) is 8.49. The Kier molecular flexibility index (Phi) is 5.47. The lowest BCUT2D eigenvalue weighted by Crippen LogP contribution is -2.40. The van der Waals surface area contributed by atoms with Crippen LogP contribution < -0.4 is 0 Å². The van der Waals surface area contributed by atoms with Crippen molar-refractivity contribution in [1.29, 1.82) is 0 Å². The maximum Gasteiger partial charge on any atom is 0.228 e. The molecule has 7 heteroatoms. The quantitative estimate of drug-likeness (QED) is 0.588. The SMILES string of the molecule is CC(c1ccccc1)N1CC(C(=O)N2CCc3noc(-c4ccc(Cl)cc4)c3C2)CC1=O. The maximum absolute atomic E-state index is 13.4. The predicted molar refractivity (Wildman–Crippen MR) is 121 cm³/mol. The molecule has 2 amide bonds. The summed E-state index contributed by atoms with van der Waals surface area (Å²) in [4.78, 5) is 29.7. The van der Waals surface area contributed by atoms with Crippen LogP contribution in [0, 0.1) is 5.92 Å². The highest BCUT2D eigenvalue weighted by Crippen LogP contribution is 2.34. The first-order valence-electron chi connectivity index (χ1n) is 10.9. The first-order valence-corrected chi connectivity index (χ1v) is 11.3.